The number of carbonyl (C=O) groups is 2. The van der Waals surface area contributed by atoms with Crippen molar-refractivity contribution in [2.45, 2.75) is 52.0 Å². The fraction of sp³-hybridized carbons (Fsp3) is 0.379. The Bertz CT molecular complexity index is 1210. The molecular formula is C29H32BNO5. The van der Waals surface area contributed by atoms with Crippen LogP contribution in [0, 0.1) is 17.8 Å². The number of rotatable bonds is 6. The SMILES string of the molecule is CC/C(=C\c1ccc(O)cc1)CC[C@H]1OB(O)C[C@H]2C1=C(C)C[C@H]1C(=O)N(c3ccccc3)C(=O)[C@H]12. The van der Waals surface area contributed by atoms with Crippen LogP contribution in [0.1, 0.15) is 45.1 Å². The van der Waals surface area contributed by atoms with Gasteiger partial charge in [-0.3, -0.25) is 14.5 Å². The smallest absolute Gasteiger partial charge is 0.455 e. The first-order chi connectivity index (χ1) is 17.4. The van der Waals surface area contributed by atoms with Gasteiger partial charge in [0.15, 0.2) is 0 Å². The molecule has 2 aromatic carbocycles. The van der Waals surface area contributed by atoms with Crippen LogP contribution in [0.5, 0.6) is 5.75 Å². The topological polar surface area (TPSA) is 87.1 Å². The molecule has 36 heavy (non-hydrogen) atoms. The zero-order valence-electron chi connectivity index (χ0n) is 20.8. The Balaban J connectivity index is 1.38. The quantitative estimate of drug-likeness (QED) is 0.342. The summed E-state index contributed by atoms with van der Waals surface area (Å²) in [5.74, 6) is -1.12. The average Bonchev–Trinajstić information content (AvgIpc) is 3.12. The molecule has 0 saturated carbocycles. The van der Waals surface area contributed by atoms with Gasteiger partial charge < -0.3 is 14.8 Å². The number of hydrogen-bond acceptors (Lipinski definition) is 5. The summed E-state index contributed by atoms with van der Waals surface area (Å²) in [6.07, 6.45) is 5.07. The number of para-hydroxylation sites is 1. The predicted molar refractivity (Wildman–Crippen MR) is 140 cm³/mol. The molecule has 0 spiro atoms. The number of benzene rings is 2. The van der Waals surface area contributed by atoms with E-state index < -0.39 is 19.0 Å². The van der Waals surface area contributed by atoms with Crippen molar-refractivity contribution in [1.29, 1.82) is 0 Å². The fourth-order valence-corrected chi connectivity index (χ4v) is 6.23. The van der Waals surface area contributed by atoms with Crippen molar-refractivity contribution in [2.75, 3.05) is 4.90 Å². The second-order valence-corrected chi connectivity index (χ2v) is 10.1. The van der Waals surface area contributed by atoms with Crippen LogP contribution in [0.3, 0.4) is 0 Å². The number of fused-ring (bicyclic) bond motifs is 3. The van der Waals surface area contributed by atoms with E-state index in [0.717, 1.165) is 29.6 Å². The number of phenolic OH excluding ortho intramolecular Hbond substituents is 1. The molecule has 0 aromatic heterocycles. The van der Waals surface area contributed by atoms with E-state index in [2.05, 4.69) is 13.0 Å². The number of allylic oxidation sites excluding steroid dienone is 2. The summed E-state index contributed by atoms with van der Waals surface area (Å²) in [5, 5.41) is 20.2. The highest BCUT2D eigenvalue weighted by Crippen LogP contribution is 2.51. The highest BCUT2D eigenvalue weighted by molar-refractivity contribution is 6.43. The molecule has 0 radical (unpaired) electrons. The number of nitrogens with zero attached hydrogens (tertiary/aromatic N) is 1. The first-order valence-corrected chi connectivity index (χ1v) is 12.8. The normalized spacial score (nSPS) is 26.4. The molecule has 2 aliphatic heterocycles. The Morgan fingerprint density at radius 1 is 1.08 bits per heavy atom. The molecule has 0 unspecified atom stereocenters. The van der Waals surface area contributed by atoms with Gasteiger partial charge in [-0.25, -0.2) is 0 Å². The van der Waals surface area contributed by atoms with Crippen molar-refractivity contribution < 1.29 is 24.4 Å². The van der Waals surface area contributed by atoms with Gasteiger partial charge in [0.2, 0.25) is 11.8 Å². The van der Waals surface area contributed by atoms with Crippen LogP contribution >= 0.6 is 0 Å². The second kappa shape index (κ2) is 10.1. The molecule has 2 aromatic rings. The van der Waals surface area contributed by atoms with E-state index in [1.807, 2.05) is 37.3 Å². The van der Waals surface area contributed by atoms with Crippen molar-refractivity contribution in [1.82, 2.24) is 0 Å². The lowest BCUT2D eigenvalue weighted by Gasteiger charge is -2.42. The maximum atomic E-state index is 13.6. The summed E-state index contributed by atoms with van der Waals surface area (Å²) in [7, 11) is -0.963. The summed E-state index contributed by atoms with van der Waals surface area (Å²) in [6.45, 7) is 4.16. The maximum absolute atomic E-state index is 13.6. The number of imide groups is 1. The maximum Gasteiger partial charge on any atom is 0.455 e. The lowest BCUT2D eigenvalue weighted by Crippen LogP contribution is -2.46. The van der Waals surface area contributed by atoms with E-state index in [1.165, 1.54) is 10.5 Å². The molecule has 3 aliphatic rings. The average molecular weight is 485 g/mol. The number of carbonyl (C=O) groups excluding carboxylic acids is 2. The van der Waals surface area contributed by atoms with Crippen LogP contribution in [0.15, 0.2) is 71.3 Å². The standard InChI is InChI=1S/C29H32BNO5/c1-3-19(16-20-9-12-22(32)13-10-20)11-14-25-26-18(2)15-23-27(24(26)17-30(35)36-25)29(34)31(28(23)33)21-7-5-4-6-8-21/h4-10,12-13,16,23-25,27,32,35H,3,11,14-15,17H2,1-2H3/b19-16+/t23-,24+,25-,27-/m1/s1. The molecule has 2 saturated heterocycles. The molecule has 6 nitrogen and oxygen atoms in total. The zero-order valence-corrected chi connectivity index (χ0v) is 20.8. The number of hydrogen-bond donors (Lipinski definition) is 2. The molecule has 2 heterocycles. The van der Waals surface area contributed by atoms with Crippen LogP contribution in [-0.2, 0) is 14.2 Å². The van der Waals surface area contributed by atoms with E-state index in [1.54, 1.807) is 24.3 Å². The van der Waals surface area contributed by atoms with E-state index in [4.69, 9.17) is 4.65 Å². The molecule has 5 rings (SSSR count). The number of amides is 2. The molecule has 1 aliphatic carbocycles. The molecule has 186 valence electrons. The summed E-state index contributed by atoms with van der Waals surface area (Å²) in [5.41, 5.74) is 5.08. The fourth-order valence-electron chi connectivity index (χ4n) is 6.23. The Kier molecular flexibility index (Phi) is 6.86. The van der Waals surface area contributed by atoms with Crippen molar-refractivity contribution >= 4 is 30.7 Å². The van der Waals surface area contributed by atoms with Gasteiger partial charge in [0.1, 0.15) is 5.75 Å². The molecule has 0 bridgehead atoms. The Hall–Kier alpha value is -3.16. The summed E-state index contributed by atoms with van der Waals surface area (Å²) >= 11 is 0. The van der Waals surface area contributed by atoms with Crippen molar-refractivity contribution in [3.05, 3.63) is 76.9 Å². The van der Waals surface area contributed by atoms with E-state index in [-0.39, 0.29) is 29.6 Å². The Morgan fingerprint density at radius 3 is 2.50 bits per heavy atom. The van der Waals surface area contributed by atoms with Gasteiger partial charge in [0.05, 0.1) is 23.6 Å². The predicted octanol–water partition coefficient (Wildman–Crippen LogP) is 4.99. The number of anilines is 1. The Labute approximate surface area is 212 Å². The van der Waals surface area contributed by atoms with Gasteiger partial charge >= 0.3 is 7.12 Å². The molecule has 2 amide bonds. The molecule has 2 N–H and O–H groups in total. The van der Waals surface area contributed by atoms with Crippen molar-refractivity contribution in [3.8, 4) is 5.75 Å². The monoisotopic (exact) mass is 485 g/mol. The molecular weight excluding hydrogens is 453 g/mol. The van der Waals surface area contributed by atoms with Gasteiger partial charge in [-0.15, -0.1) is 0 Å². The second-order valence-electron chi connectivity index (χ2n) is 10.1. The van der Waals surface area contributed by atoms with Crippen LogP contribution in [-0.4, -0.2) is 35.2 Å². The van der Waals surface area contributed by atoms with Crippen LogP contribution in [0.25, 0.3) is 6.08 Å². The van der Waals surface area contributed by atoms with Crippen LogP contribution in [0.4, 0.5) is 5.69 Å². The van der Waals surface area contributed by atoms with E-state index in [9.17, 15) is 19.7 Å². The van der Waals surface area contributed by atoms with Crippen molar-refractivity contribution in [2.24, 2.45) is 17.8 Å². The largest absolute Gasteiger partial charge is 0.508 e. The van der Waals surface area contributed by atoms with E-state index >= 15 is 0 Å². The third-order valence-electron chi connectivity index (χ3n) is 7.91. The summed E-state index contributed by atoms with van der Waals surface area (Å²) < 4.78 is 6.04. The molecule has 2 fully saturated rings. The molecule has 4 atom stereocenters. The van der Waals surface area contributed by atoms with Crippen LogP contribution < -0.4 is 4.90 Å². The summed E-state index contributed by atoms with van der Waals surface area (Å²) in [4.78, 5) is 28.3. The minimum Gasteiger partial charge on any atom is -0.508 e. The lowest BCUT2D eigenvalue weighted by atomic mass is 9.59. The number of aromatic hydroxyl groups is 1. The number of phenols is 1. The lowest BCUT2D eigenvalue weighted by molar-refractivity contribution is -0.122. The van der Waals surface area contributed by atoms with Crippen molar-refractivity contribution in [3.63, 3.8) is 0 Å². The summed E-state index contributed by atoms with van der Waals surface area (Å²) in [6, 6.07) is 16.2. The highest BCUT2D eigenvalue weighted by atomic mass is 16.5. The third-order valence-corrected chi connectivity index (χ3v) is 7.91. The van der Waals surface area contributed by atoms with Gasteiger partial charge in [0.25, 0.3) is 0 Å². The zero-order chi connectivity index (χ0) is 25.4. The Morgan fingerprint density at radius 2 is 1.81 bits per heavy atom. The first-order valence-electron chi connectivity index (χ1n) is 12.8. The minimum absolute atomic E-state index is 0.141. The van der Waals surface area contributed by atoms with Crippen LogP contribution in [0.2, 0.25) is 6.32 Å². The first kappa shape index (κ1) is 24.5. The highest BCUT2D eigenvalue weighted by Gasteiger charge is 2.57. The van der Waals surface area contributed by atoms with Gasteiger partial charge in [-0.1, -0.05) is 54.5 Å². The van der Waals surface area contributed by atoms with Gasteiger partial charge in [0, 0.05) is 0 Å². The van der Waals surface area contributed by atoms with Gasteiger partial charge in [-0.2, -0.15) is 0 Å². The van der Waals surface area contributed by atoms with Gasteiger partial charge in [-0.05, 0) is 80.2 Å². The minimum atomic E-state index is -0.963. The third kappa shape index (κ3) is 4.53. The van der Waals surface area contributed by atoms with E-state index in [0.29, 0.717) is 24.8 Å². The molecule has 7 heteroatoms.